The van der Waals surface area contributed by atoms with Crippen molar-refractivity contribution in [1.82, 2.24) is 4.90 Å². The molecule has 2 atom stereocenters. The number of methoxy groups -OCH3 is 1. The van der Waals surface area contributed by atoms with Crippen molar-refractivity contribution in [3.8, 4) is 0 Å². The van der Waals surface area contributed by atoms with Crippen molar-refractivity contribution in [3.63, 3.8) is 0 Å². The van der Waals surface area contributed by atoms with E-state index in [0.717, 1.165) is 11.1 Å². The normalized spacial score (nSPS) is 18.8. The average Bonchev–Trinajstić information content (AvgIpc) is 3.13. The number of amides is 1. The molecule has 27 heavy (non-hydrogen) atoms. The number of azide groups is 1. The van der Waals surface area contributed by atoms with E-state index in [0.29, 0.717) is 0 Å². The van der Waals surface area contributed by atoms with E-state index in [4.69, 9.17) is 10.3 Å². The van der Waals surface area contributed by atoms with Crippen LogP contribution in [0.4, 0.5) is 0 Å². The molecular weight excluding hydrogens is 344 g/mol. The summed E-state index contributed by atoms with van der Waals surface area (Å²) < 4.78 is 4.86. The van der Waals surface area contributed by atoms with Crippen molar-refractivity contribution in [1.29, 1.82) is 0 Å². The molecule has 0 aliphatic carbocycles. The monoisotopic (exact) mass is 364 g/mol. The Morgan fingerprint density at radius 3 is 2.15 bits per heavy atom. The molecule has 1 aliphatic rings. The van der Waals surface area contributed by atoms with Gasteiger partial charge in [0.1, 0.15) is 6.04 Å². The molecule has 3 rings (SSSR count). The first kappa shape index (κ1) is 18.5. The van der Waals surface area contributed by atoms with E-state index in [1.54, 1.807) is 0 Å². The summed E-state index contributed by atoms with van der Waals surface area (Å²) in [4.78, 5) is 30.0. The summed E-state index contributed by atoms with van der Waals surface area (Å²) in [7, 11) is 1.29. The smallest absolute Gasteiger partial charge is 0.328 e. The van der Waals surface area contributed by atoms with Crippen LogP contribution in [0.15, 0.2) is 65.8 Å². The lowest BCUT2D eigenvalue weighted by Gasteiger charge is -2.28. The van der Waals surface area contributed by atoms with Crippen LogP contribution in [0.2, 0.25) is 0 Å². The van der Waals surface area contributed by atoms with Crippen LogP contribution in [0.3, 0.4) is 0 Å². The van der Waals surface area contributed by atoms with Gasteiger partial charge >= 0.3 is 5.97 Å². The van der Waals surface area contributed by atoms with E-state index in [1.165, 1.54) is 12.0 Å². The third-order valence-corrected chi connectivity index (χ3v) is 4.76. The summed E-state index contributed by atoms with van der Waals surface area (Å²) in [5, 5.41) is 3.71. The third-order valence-electron chi connectivity index (χ3n) is 4.76. The first-order chi connectivity index (χ1) is 13.2. The molecule has 1 saturated heterocycles. The zero-order valence-corrected chi connectivity index (χ0v) is 14.9. The van der Waals surface area contributed by atoms with Gasteiger partial charge in [-0.3, -0.25) is 4.79 Å². The number of carbonyl (C=O) groups excluding carboxylic acids is 2. The van der Waals surface area contributed by atoms with Crippen molar-refractivity contribution in [3.05, 3.63) is 82.2 Å². The Morgan fingerprint density at radius 2 is 1.67 bits per heavy atom. The van der Waals surface area contributed by atoms with E-state index >= 15 is 0 Å². The number of likely N-dealkylation sites (tertiary alicyclic amines) is 1. The van der Waals surface area contributed by atoms with Crippen molar-refractivity contribution in [2.45, 2.75) is 24.4 Å². The fourth-order valence-corrected chi connectivity index (χ4v) is 3.51. The summed E-state index contributed by atoms with van der Waals surface area (Å²) in [5.41, 5.74) is 10.4. The van der Waals surface area contributed by atoms with Crippen LogP contribution >= 0.6 is 0 Å². The van der Waals surface area contributed by atoms with E-state index in [9.17, 15) is 9.59 Å². The zero-order valence-electron chi connectivity index (χ0n) is 14.9. The molecule has 0 unspecified atom stereocenters. The number of benzene rings is 2. The molecule has 1 fully saturated rings. The van der Waals surface area contributed by atoms with Crippen molar-refractivity contribution in [2.75, 3.05) is 13.7 Å². The van der Waals surface area contributed by atoms with Gasteiger partial charge in [-0.25, -0.2) is 4.79 Å². The number of esters is 1. The molecule has 2 aromatic carbocycles. The Hall–Kier alpha value is -3.31. The summed E-state index contributed by atoms with van der Waals surface area (Å²) in [5.74, 6) is -1.26. The van der Waals surface area contributed by atoms with Gasteiger partial charge in [-0.05, 0) is 23.1 Å². The molecule has 0 saturated carbocycles. The molecule has 0 N–H and O–H groups in total. The SMILES string of the molecule is COC(=O)[C@H]1C[C@@H](N=[N+]=[N-])CN1C(=O)C(c1ccccc1)c1ccccc1. The molecule has 1 aliphatic heterocycles. The maximum Gasteiger partial charge on any atom is 0.328 e. The highest BCUT2D eigenvalue weighted by atomic mass is 16.5. The second-order valence-corrected chi connectivity index (χ2v) is 6.38. The highest BCUT2D eigenvalue weighted by Crippen LogP contribution is 2.31. The molecule has 7 heteroatoms. The van der Waals surface area contributed by atoms with Crippen LogP contribution in [0.5, 0.6) is 0 Å². The zero-order chi connectivity index (χ0) is 19.2. The second-order valence-electron chi connectivity index (χ2n) is 6.38. The molecule has 138 valence electrons. The number of carbonyl (C=O) groups is 2. The molecular formula is C20H20N4O3. The van der Waals surface area contributed by atoms with Gasteiger partial charge in [0, 0.05) is 11.5 Å². The van der Waals surface area contributed by atoms with Gasteiger partial charge in [-0.1, -0.05) is 65.8 Å². The Balaban J connectivity index is 2.00. The van der Waals surface area contributed by atoms with Crippen LogP contribution in [0.25, 0.3) is 10.4 Å². The van der Waals surface area contributed by atoms with Gasteiger partial charge in [-0.2, -0.15) is 0 Å². The highest BCUT2D eigenvalue weighted by molar-refractivity contribution is 5.91. The largest absolute Gasteiger partial charge is 0.467 e. The first-order valence-electron chi connectivity index (χ1n) is 8.68. The molecule has 1 heterocycles. The Morgan fingerprint density at radius 1 is 1.11 bits per heavy atom. The van der Waals surface area contributed by atoms with E-state index in [1.807, 2.05) is 60.7 Å². The molecule has 0 aromatic heterocycles. The van der Waals surface area contributed by atoms with Gasteiger partial charge in [0.05, 0.1) is 19.1 Å². The lowest BCUT2D eigenvalue weighted by molar-refractivity contribution is -0.151. The maximum atomic E-state index is 13.5. The van der Waals surface area contributed by atoms with Gasteiger partial charge in [0.15, 0.2) is 0 Å². The minimum absolute atomic E-state index is 0.193. The van der Waals surface area contributed by atoms with Crippen molar-refractivity contribution in [2.24, 2.45) is 5.11 Å². The van der Waals surface area contributed by atoms with Crippen LogP contribution < -0.4 is 0 Å². The maximum absolute atomic E-state index is 13.5. The Bertz CT molecular complexity index is 811. The van der Waals surface area contributed by atoms with Crippen LogP contribution in [0, 0.1) is 0 Å². The number of ether oxygens (including phenoxy) is 1. The van der Waals surface area contributed by atoms with Crippen LogP contribution in [-0.2, 0) is 14.3 Å². The van der Waals surface area contributed by atoms with Crippen LogP contribution in [0.1, 0.15) is 23.5 Å². The Labute approximate surface area is 157 Å². The highest BCUT2D eigenvalue weighted by Gasteiger charge is 2.42. The Kier molecular flexibility index (Phi) is 5.74. The second kappa shape index (κ2) is 8.38. The number of hydrogen-bond donors (Lipinski definition) is 0. The predicted octanol–water partition coefficient (Wildman–Crippen LogP) is 3.27. The summed E-state index contributed by atoms with van der Waals surface area (Å²) in [6, 6.07) is 17.7. The quantitative estimate of drug-likeness (QED) is 0.352. The first-order valence-corrected chi connectivity index (χ1v) is 8.68. The fourth-order valence-electron chi connectivity index (χ4n) is 3.51. The predicted molar refractivity (Wildman–Crippen MR) is 99.8 cm³/mol. The van der Waals surface area contributed by atoms with Gasteiger partial charge in [0.25, 0.3) is 0 Å². The molecule has 0 spiro atoms. The third kappa shape index (κ3) is 3.93. The minimum atomic E-state index is -0.757. The van der Waals surface area contributed by atoms with E-state index in [2.05, 4.69) is 10.0 Å². The van der Waals surface area contributed by atoms with E-state index < -0.39 is 24.0 Å². The summed E-state index contributed by atoms with van der Waals surface area (Å²) in [6.45, 7) is 0.193. The number of rotatable bonds is 5. The van der Waals surface area contributed by atoms with Crippen molar-refractivity contribution >= 4 is 11.9 Å². The summed E-state index contributed by atoms with van der Waals surface area (Å²) >= 11 is 0. The van der Waals surface area contributed by atoms with Crippen molar-refractivity contribution < 1.29 is 14.3 Å². The lowest BCUT2D eigenvalue weighted by atomic mass is 9.90. The average molecular weight is 364 g/mol. The number of nitrogens with zero attached hydrogens (tertiary/aromatic N) is 4. The minimum Gasteiger partial charge on any atom is -0.467 e. The summed E-state index contributed by atoms with van der Waals surface area (Å²) in [6.07, 6.45) is 0.263. The molecule has 0 radical (unpaired) electrons. The lowest BCUT2D eigenvalue weighted by Crippen LogP contribution is -2.43. The molecule has 1 amide bonds. The van der Waals surface area contributed by atoms with Gasteiger partial charge < -0.3 is 9.64 Å². The standard InChI is InChI=1S/C20H20N4O3/c1-27-20(26)17-12-16(22-23-21)13-24(17)19(25)18(14-8-4-2-5-9-14)15-10-6-3-7-11-15/h2-11,16-18H,12-13H2,1H3/t16-,17-/m1/s1. The van der Waals surface area contributed by atoms with Crippen LogP contribution in [-0.4, -0.2) is 42.5 Å². The molecule has 7 nitrogen and oxygen atoms in total. The van der Waals surface area contributed by atoms with E-state index in [-0.39, 0.29) is 18.9 Å². The fraction of sp³-hybridized carbons (Fsp3) is 0.300. The molecule has 2 aromatic rings. The topological polar surface area (TPSA) is 95.4 Å². The number of hydrogen-bond acceptors (Lipinski definition) is 4. The molecule has 0 bridgehead atoms. The van der Waals surface area contributed by atoms with Gasteiger partial charge in [-0.15, -0.1) is 0 Å². The van der Waals surface area contributed by atoms with Gasteiger partial charge in [0.2, 0.25) is 5.91 Å².